The highest BCUT2D eigenvalue weighted by molar-refractivity contribution is 6.28. The molecule has 0 amide bonds. The highest BCUT2D eigenvalue weighted by Crippen LogP contribution is 2.20. The van der Waals surface area contributed by atoms with Crippen LogP contribution in [0.1, 0.15) is 44.9 Å². The second-order valence-electron chi connectivity index (χ2n) is 4.56. The standard InChI is InChI=1S/C11H18ClN3O/c1-8(2)10-13-14-11(12)15(10)6-5-9-4-3-7-16-9/h8-9H,3-7H2,1-2H3. The number of halogens is 1. The van der Waals surface area contributed by atoms with Gasteiger partial charge in [0.15, 0.2) is 0 Å². The van der Waals surface area contributed by atoms with E-state index in [0.29, 0.717) is 17.3 Å². The van der Waals surface area contributed by atoms with E-state index in [1.165, 1.54) is 6.42 Å². The molecule has 1 atom stereocenters. The summed E-state index contributed by atoms with van der Waals surface area (Å²) in [5, 5.41) is 8.51. The zero-order valence-corrected chi connectivity index (χ0v) is 10.6. The molecule has 1 unspecified atom stereocenters. The fourth-order valence-corrected chi connectivity index (χ4v) is 2.28. The van der Waals surface area contributed by atoms with Crippen LogP contribution in [0.15, 0.2) is 0 Å². The minimum Gasteiger partial charge on any atom is -0.378 e. The Morgan fingerprint density at radius 1 is 1.50 bits per heavy atom. The van der Waals surface area contributed by atoms with Crippen LogP contribution in [0.3, 0.4) is 0 Å². The summed E-state index contributed by atoms with van der Waals surface area (Å²) in [6.07, 6.45) is 3.73. The largest absolute Gasteiger partial charge is 0.378 e. The van der Waals surface area contributed by atoms with Gasteiger partial charge in [-0.05, 0) is 30.9 Å². The molecule has 0 bridgehead atoms. The molecule has 1 saturated heterocycles. The Labute approximate surface area is 101 Å². The highest BCUT2D eigenvalue weighted by atomic mass is 35.5. The first kappa shape index (κ1) is 11.9. The van der Waals surface area contributed by atoms with E-state index in [0.717, 1.165) is 31.8 Å². The first-order valence-corrected chi connectivity index (χ1v) is 6.26. The average molecular weight is 244 g/mol. The molecule has 1 aromatic heterocycles. The minimum absolute atomic E-state index is 0.351. The van der Waals surface area contributed by atoms with Gasteiger partial charge in [-0.25, -0.2) is 0 Å². The molecule has 1 aliphatic rings. The Kier molecular flexibility index (Phi) is 3.82. The molecule has 0 saturated carbocycles. The van der Waals surface area contributed by atoms with Gasteiger partial charge in [-0.15, -0.1) is 10.2 Å². The van der Waals surface area contributed by atoms with Gasteiger partial charge in [-0.2, -0.15) is 0 Å². The highest BCUT2D eigenvalue weighted by Gasteiger charge is 2.18. The van der Waals surface area contributed by atoms with Gasteiger partial charge >= 0.3 is 0 Å². The van der Waals surface area contributed by atoms with Crippen LogP contribution in [0.25, 0.3) is 0 Å². The molecule has 0 aromatic carbocycles. The van der Waals surface area contributed by atoms with Crippen LogP contribution in [0, 0.1) is 0 Å². The second kappa shape index (κ2) is 5.15. The summed E-state index contributed by atoms with van der Waals surface area (Å²) >= 11 is 6.02. The normalized spacial score (nSPS) is 20.9. The van der Waals surface area contributed by atoms with Gasteiger partial charge < -0.3 is 9.30 Å². The van der Waals surface area contributed by atoms with Crippen molar-refractivity contribution in [3.8, 4) is 0 Å². The van der Waals surface area contributed by atoms with Crippen molar-refractivity contribution in [2.45, 2.75) is 51.7 Å². The van der Waals surface area contributed by atoms with Crippen LogP contribution < -0.4 is 0 Å². The molecule has 1 aromatic rings. The monoisotopic (exact) mass is 243 g/mol. The van der Waals surface area contributed by atoms with Gasteiger partial charge in [0.1, 0.15) is 5.82 Å². The molecule has 16 heavy (non-hydrogen) atoms. The maximum atomic E-state index is 6.02. The zero-order valence-electron chi connectivity index (χ0n) is 9.82. The van der Waals surface area contributed by atoms with Crippen molar-refractivity contribution in [1.82, 2.24) is 14.8 Å². The van der Waals surface area contributed by atoms with E-state index in [2.05, 4.69) is 24.0 Å². The summed E-state index contributed by atoms with van der Waals surface area (Å²) < 4.78 is 7.59. The fourth-order valence-electron chi connectivity index (χ4n) is 2.07. The van der Waals surface area contributed by atoms with Gasteiger partial charge in [0.25, 0.3) is 0 Å². The van der Waals surface area contributed by atoms with Crippen molar-refractivity contribution in [3.05, 3.63) is 11.1 Å². The molecule has 4 nitrogen and oxygen atoms in total. The summed E-state index contributed by atoms with van der Waals surface area (Å²) in [4.78, 5) is 0. The third-order valence-corrected chi connectivity index (χ3v) is 3.23. The first-order valence-electron chi connectivity index (χ1n) is 5.88. The van der Waals surface area contributed by atoms with Gasteiger partial charge in [0.2, 0.25) is 5.28 Å². The Balaban J connectivity index is 1.99. The third-order valence-electron chi connectivity index (χ3n) is 2.95. The Bertz CT molecular complexity index is 345. The molecule has 0 N–H and O–H groups in total. The molecular weight excluding hydrogens is 226 g/mol. The maximum absolute atomic E-state index is 6.02. The maximum Gasteiger partial charge on any atom is 0.225 e. The number of hydrogen-bond donors (Lipinski definition) is 0. The fraction of sp³-hybridized carbons (Fsp3) is 0.818. The van der Waals surface area contributed by atoms with E-state index in [1.807, 2.05) is 4.57 Å². The topological polar surface area (TPSA) is 39.9 Å². The quantitative estimate of drug-likeness (QED) is 0.816. The van der Waals surface area contributed by atoms with Gasteiger partial charge in [-0.3, -0.25) is 0 Å². The van der Waals surface area contributed by atoms with E-state index >= 15 is 0 Å². The smallest absolute Gasteiger partial charge is 0.225 e. The number of ether oxygens (including phenoxy) is 1. The zero-order chi connectivity index (χ0) is 11.5. The lowest BCUT2D eigenvalue weighted by Gasteiger charge is -2.13. The van der Waals surface area contributed by atoms with Gasteiger partial charge in [0, 0.05) is 19.1 Å². The first-order chi connectivity index (χ1) is 7.68. The van der Waals surface area contributed by atoms with Crippen molar-refractivity contribution in [3.63, 3.8) is 0 Å². The predicted molar refractivity (Wildman–Crippen MR) is 62.7 cm³/mol. The minimum atomic E-state index is 0.351. The van der Waals surface area contributed by atoms with Crippen LogP contribution in [0.4, 0.5) is 0 Å². The summed E-state index contributed by atoms with van der Waals surface area (Å²) in [5.74, 6) is 1.31. The van der Waals surface area contributed by atoms with Gasteiger partial charge in [0.05, 0.1) is 6.10 Å². The summed E-state index contributed by atoms with van der Waals surface area (Å²) in [7, 11) is 0. The number of nitrogens with zero attached hydrogens (tertiary/aromatic N) is 3. The lowest BCUT2D eigenvalue weighted by molar-refractivity contribution is 0.100. The van der Waals surface area contributed by atoms with Crippen molar-refractivity contribution in [2.24, 2.45) is 0 Å². The van der Waals surface area contributed by atoms with E-state index in [1.54, 1.807) is 0 Å². The average Bonchev–Trinajstić information content (AvgIpc) is 2.84. The van der Waals surface area contributed by atoms with Crippen LogP contribution in [-0.4, -0.2) is 27.5 Å². The molecule has 90 valence electrons. The number of hydrogen-bond acceptors (Lipinski definition) is 3. The summed E-state index contributed by atoms with van der Waals surface area (Å²) in [6.45, 7) is 5.95. The van der Waals surface area contributed by atoms with Crippen molar-refractivity contribution in [2.75, 3.05) is 6.61 Å². The number of aromatic nitrogens is 3. The van der Waals surface area contributed by atoms with Crippen molar-refractivity contribution < 1.29 is 4.74 Å². The van der Waals surface area contributed by atoms with Crippen LogP contribution in [0.5, 0.6) is 0 Å². The van der Waals surface area contributed by atoms with Gasteiger partial charge in [-0.1, -0.05) is 13.8 Å². The lowest BCUT2D eigenvalue weighted by atomic mass is 10.1. The Hall–Kier alpha value is -0.610. The SMILES string of the molecule is CC(C)c1nnc(Cl)n1CCC1CCCO1. The molecule has 5 heteroatoms. The third kappa shape index (κ3) is 2.55. The molecule has 0 radical (unpaired) electrons. The van der Waals surface area contributed by atoms with E-state index in [9.17, 15) is 0 Å². The Morgan fingerprint density at radius 2 is 2.31 bits per heavy atom. The van der Waals surface area contributed by atoms with E-state index in [-0.39, 0.29) is 0 Å². The van der Waals surface area contributed by atoms with E-state index in [4.69, 9.17) is 16.3 Å². The molecule has 1 fully saturated rings. The summed E-state index contributed by atoms with van der Waals surface area (Å²) in [6, 6.07) is 0. The number of rotatable bonds is 4. The van der Waals surface area contributed by atoms with Crippen LogP contribution >= 0.6 is 11.6 Å². The predicted octanol–water partition coefficient (Wildman–Crippen LogP) is 2.62. The van der Waals surface area contributed by atoms with E-state index < -0.39 is 0 Å². The van der Waals surface area contributed by atoms with Crippen molar-refractivity contribution in [1.29, 1.82) is 0 Å². The summed E-state index contributed by atoms with van der Waals surface area (Å²) in [5.41, 5.74) is 0. The molecular formula is C11H18ClN3O. The molecule has 2 heterocycles. The molecule has 0 aliphatic carbocycles. The van der Waals surface area contributed by atoms with Crippen LogP contribution in [-0.2, 0) is 11.3 Å². The molecule has 1 aliphatic heterocycles. The van der Waals surface area contributed by atoms with Crippen LogP contribution in [0.2, 0.25) is 5.28 Å². The lowest BCUT2D eigenvalue weighted by Crippen LogP contribution is -2.12. The Morgan fingerprint density at radius 3 is 2.94 bits per heavy atom. The van der Waals surface area contributed by atoms with Crippen molar-refractivity contribution >= 4 is 11.6 Å². The molecule has 2 rings (SSSR count). The second-order valence-corrected chi connectivity index (χ2v) is 4.90. The molecule has 0 spiro atoms.